The molecule has 7 aliphatic rings. The van der Waals surface area contributed by atoms with Crippen molar-refractivity contribution in [3.05, 3.63) is 47.1 Å². The first kappa shape index (κ1) is 40.0. The van der Waals surface area contributed by atoms with Gasteiger partial charge in [0.2, 0.25) is 0 Å². The van der Waals surface area contributed by atoms with Crippen LogP contribution in [0, 0.1) is 23.7 Å². The summed E-state index contributed by atoms with van der Waals surface area (Å²) in [6.45, 7) is 9.86. The van der Waals surface area contributed by atoms with Crippen LogP contribution in [0.4, 0.5) is 0 Å². The van der Waals surface area contributed by atoms with Crippen LogP contribution in [0.3, 0.4) is 0 Å². The van der Waals surface area contributed by atoms with Crippen molar-refractivity contribution in [1.29, 1.82) is 0 Å². The average Bonchev–Trinajstić information content (AvgIpc) is 3.49. The normalized spacial score (nSPS) is 46.9. The Morgan fingerprint density at radius 2 is 1.76 bits per heavy atom. The predicted molar refractivity (Wildman–Crippen MR) is 199 cm³/mol. The molecule has 5 aliphatic heterocycles. The van der Waals surface area contributed by atoms with Crippen molar-refractivity contribution in [2.75, 3.05) is 13.7 Å². The summed E-state index contributed by atoms with van der Waals surface area (Å²) in [6.07, 6.45) is 14.1. The number of rotatable bonds is 4. The van der Waals surface area contributed by atoms with Crippen LogP contribution < -0.4 is 0 Å². The largest absolute Gasteiger partial charge is 0.462 e. The van der Waals surface area contributed by atoms with Crippen LogP contribution in [0.25, 0.3) is 0 Å². The highest BCUT2D eigenvalue weighted by molar-refractivity contribution is 6.03. The molecular weight excluding hydrogens is 692 g/mol. The maximum atomic E-state index is 14.3. The van der Waals surface area contributed by atoms with E-state index in [2.05, 4.69) is 19.9 Å². The highest BCUT2D eigenvalue weighted by atomic mass is 16.7. The number of hydrogen-bond acceptors (Lipinski definition) is 11. The van der Waals surface area contributed by atoms with Crippen LogP contribution in [-0.4, -0.2) is 102 Å². The van der Waals surface area contributed by atoms with E-state index in [1.807, 2.05) is 26.0 Å². The van der Waals surface area contributed by atoms with Gasteiger partial charge >= 0.3 is 5.97 Å². The Hall–Kier alpha value is -2.22. The number of aliphatic hydroxyl groups is 2. The minimum absolute atomic E-state index is 0.000948. The fourth-order valence-corrected chi connectivity index (χ4v) is 10.2. The summed E-state index contributed by atoms with van der Waals surface area (Å²) < 4.78 is 44.8. The van der Waals surface area contributed by atoms with Gasteiger partial charge in [-0.05, 0) is 75.0 Å². The fraction of sp³-hybridized carbons (Fsp3) is 0.767. The molecule has 1 spiro atoms. The van der Waals surface area contributed by atoms with E-state index in [0.29, 0.717) is 55.1 Å². The Bertz CT molecular complexity index is 1510. The van der Waals surface area contributed by atoms with Crippen molar-refractivity contribution in [2.24, 2.45) is 23.7 Å². The third kappa shape index (κ3) is 7.86. The van der Waals surface area contributed by atoms with Crippen molar-refractivity contribution in [2.45, 2.75) is 172 Å². The molecule has 0 aromatic heterocycles. The van der Waals surface area contributed by atoms with Gasteiger partial charge in [-0.2, -0.15) is 0 Å². The number of carbonyl (C=O) groups excluding carboxylic acids is 2. The second-order valence-corrected chi connectivity index (χ2v) is 17.3. The molecule has 2 aliphatic carbocycles. The fourth-order valence-electron chi connectivity index (χ4n) is 10.2. The number of methoxy groups -OCH3 is 1. The molecule has 0 amide bonds. The third-order valence-corrected chi connectivity index (χ3v) is 13.4. The number of allylic oxidation sites excluding steroid dienone is 2. The first-order valence-electron chi connectivity index (χ1n) is 20.5. The topological polar surface area (TPSA) is 139 Å². The summed E-state index contributed by atoms with van der Waals surface area (Å²) in [6, 6.07) is 0. The minimum atomic E-state index is -1.89. The van der Waals surface area contributed by atoms with Gasteiger partial charge in [0.15, 0.2) is 24.0 Å². The zero-order chi connectivity index (χ0) is 38.4. The van der Waals surface area contributed by atoms with Crippen LogP contribution in [0.2, 0.25) is 0 Å². The molecule has 300 valence electrons. The molecule has 0 aromatic carbocycles. The van der Waals surface area contributed by atoms with Crippen LogP contribution in [-0.2, 0) is 42.7 Å². The van der Waals surface area contributed by atoms with E-state index >= 15 is 0 Å². The number of ether oxygens (including phenoxy) is 7. The summed E-state index contributed by atoms with van der Waals surface area (Å²) in [5, 5.41) is 23.0. The molecule has 5 heterocycles. The van der Waals surface area contributed by atoms with E-state index in [-0.39, 0.29) is 30.5 Å². The number of Topliss-reactive ketones (excluding diaryl/α,β-unsaturated/α-hetero) is 1. The molecule has 7 rings (SSSR count). The number of esters is 1. The Balaban J connectivity index is 1.24. The Morgan fingerprint density at radius 3 is 2.52 bits per heavy atom. The SMILES string of the molecule is CO[C@H]1C[C@H](O[C@@H]2/C(C)=C\C[C@@H]3C[C@@H](C[C@]4(CC[C@H](C)[C@@H](C5CCCCC5)O4)O3)OC(=O)[C@@H]3C=C(C)C(=O)[C@H]4OCC(=C/C=C\[C@@H]2C)[C@]43O)O[C@@H](C)[C@@H]1O. The number of carbonyl (C=O) groups is 2. The molecule has 0 aromatic rings. The van der Waals surface area contributed by atoms with Gasteiger partial charge in [-0.1, -0.05) is 63.5 Å². The third-order valence-electron chi connectivity index (χ3n) is 13.4. The first-order chi connectivity index (χ1) is 25.8. The molecule has 5 fully saturated rings. The van der Waals surface area contributed by atoms with Gasteiger partial charge < -0.3 is 43.4 Å². The quantitative estimate of drug-likeness (QED) is 0.266. The molecule has 54 heavy (non-hydrogen) atoms. The van der Waals surface area contributed by atoms with Crippen molar-refractivity contribution in [1.82, 2.24) is 0 Å². The Kier molecular flexibility index (Phi) is 12.1. The van der Waals surface area contributed by atoms with Crippen LogP contribution >= 0.6 is 0 Å². The number of fused-ring (bicyclic) bond motifs is 2. The van der Waals surface area contributed by atoms with Crippen molar-refractivity contribution >= 4 is 11.8 Å². The summed E-state index contributed by atoms with van der Waals surface area (Å²) in [5.41, 5.74) is -0.0954. The zero-order valence-corrected chi connectivity index (χ0v) is 32.9. The van der Waals surface area contributed by atoms with E-state index in [1.165, 1.54) is 19.3 Å². The molecule has 2 bridgehead atoms. The van der Waals surface area contributed by atoms with E-state index in [0.717, 1.165) is 24.8 Å². The van der Waals surface area contributed by atoms with E-state index in [9.17, 15) is 19.8 Å². The summed E-state index contributed by atoms with van der Waals surface area (Å²) >= 11 is 0. The lowest BCUT2D eigenvalue weighted by Crippen LogP contribution is -2.57. The van der Waals surface area contributed by atoms with Crippen molar-refractivity contribution in [3.8, 4) is 0 Å². The predicted octanol–water partition coefficient (Wildman–Crippen LogP) is 5.81. The standard InChI is InChI=1S/C43H62O11/c1-24-11-10-14-30-23-49-40-36(44)27(4)19-33(43(30,40)47)41(46)51-32-20-31(16-15-25(2)38(24)52-35-21-34(48-6)37(45)28(5)50-35)53-42(22-32)18-17-26(3)39(54-42)29-12-8-7-9-13-29/h10-11,14-15,19,24,26,28-29,31-35,37-40,45,47H,7-9,12-13,16-18,20-23H2,1-6H3/b11-10-,25-15-,30-14?/t24-,26-,28-,31+,32-,33-,34-,35-,37-,38-,39-,40+,42+,43+/m0/s1. The number of ketones is 1. The van der Waals surface area contributed by atoms with Crippen molar-refractivity contribution in [3.63, 3.8) is 0 Å². The first-order valence-corrected chi connectivity index (χ1v) is 20.5. The van der Waals surface area contributed by atoms with Gasteiger partial charge in [0.25, 0.3) is 0 Å². The highest BCUT2D eigenvalue weighted by Crippen LogP contribution is 2.48. The van der Waals surface area contributed by atoms with Crippen molar-refractivity contribution < 1.29 is 53.0 Å². The minimum Gasteiger partial charge on any atom is -0.462 e. The summed E-state index contributed by atoms with van der Waals surface area (Å²) in [5.74, 6) is -2.22. The summed E-state index contributed by atoms with van der Waals surface area (Å²) in [4.78, 5) is 27.6. The summed E-state index contributed by atoms with van der Waals surface area (Å²) in [7, 11) is 1.58. The number of aliphatic hydroxyl groups excluding tert-OH is 1. The lowest BCUT2D eigenvalue weighted by atomic mass is 9.71. The molecule has 2 N–H and O–H groups in total. The van der Waals surface area contributed by atoms with Gasteiger partial charge in [-0.25, -0.2) is 0 Å². The Morgan fingerprint density at radius 1 is 0.981 bits per heavy atom. The monoisotopic (exact) mass is 754 g/mol. The second-order valence-electron chi connectivity index (χ2n) is 17.3. The van der Waals surface area contributed by atoms with Crippen LogP contribution in [0.1, 0.15) is 105 Å². The molecule has 1 saturated carbocycles. The molecule has 0 radical (unpaired) electrons. The molecule has 0 unspecified atom stereocenters. The Labute approximate surface area is 320 Å². The van der Waals surface area contributed by atoms with Gasteiger partial charge in [0.1, 0.15) is 23.7 Å². The van der Waals surface area contributed by atoms with Gasteiger partial charge in [-0.15, -0.1) is 0 Å². The van der Waals surface area contributed by atoms with E-state index < -0.39 is 66.2 Å². The maximum Gasteiger partial charge on any atom is 0.316 e. The molecule has 11 nitrogen and oxygen atoms in total. The van der Waals surface area contributed by atoms with Crippen LogP contribution in [0.15, 0.2) is 47.1 Å². The van der Waals surface area contributed by atoms with Crippen LogP contribution in [0.5, 0.6) is 0 Å². The second kappa shape index (κ2) is 16.3. The number of hydrogen-bond donors (Lipinski definition) is 2. The van der Waals surface area contributed by atoms with E-state index in [1.54, 1.807) is 26.2 Å². The molecule has 4 saturated heterocycles. The van der Waals surface area contributed by atoms with E-state index in [4.69, 9.17) is 33.2 Å². The molecular formula is C43H62O11. The molecule has 14 atom stereocenters. The maximum absolute atomic E-state index is 14.3. The zero-order valence-electron chi connectivity index (χ0n) is 32.9. The van der Waals surface area contributed by atoms with Gasteiger partial charge in [0, 0.05) is 38.7 Å². The average molecular weight is 755 g/mol. The molecule has 11 heteroatoms. The van der Waals surface area contributed by atoms with Gasteiger partial charge in [-0.3, -0.25) is 9.59 Å². The lowest BCUT2D eigenvalue weighted by Gasteiger charge is -2.51. The van der Waals surface area contributed by atoms with Gasteiger partial charge in [0.05, 0.1) is 37.1 Å². The highest BCUT2D eigenvalue weighted by Gasteiger charge is 2.60. The smallest absolute Gasteiger partial charge is 0.316 e. The lowest BCUT2D eigenvalue weighted by molar-refractivity contribution is -0.342.